The molecule has 10 heteroatoms. The van der Waals surface area contributed by atoms with Gasteiger partial charge in [-0.1, -0.05) is 0 Å². The van der Waals surface area contributed by atoms with Crippen LogP contribution in [0.1, 0.15) is 59.8 Å². The van der Waals surface area contributed by atoms with Crippen LogP contribution in [0.2, 0.25) is 0 Å². The fourth-order valence-electron chi connectivity index (χ4n) is 4.94. The van der Waals surface area contributed by atoms with Crippen LogP contribution in [0.25, 0.3) is 0 Å². The van der Waals surface area contributed by atoms with Gasteiger partial charge in [0, 0.05) is 45.8 Å². The number of likely N-dealkylation sites (tertiary alicyclic amines) is 2. The second-order valence-electron chi connectivity index (χ2n) is 10.8. The summed E-state index contributed by atoms with van der Waals surface area (Å²) in [4.78, 5) is 56.7. The number of urea groups is 1. The molecule has 0 aromatic rings. The summed E-state index contributed by atoms with van der Waals surface area (Å²) in [5, 5.41) is 0. The van der Waals surface area contributed by atoms with Crippen LogP contribution < -0.4 is 0 Å². The van der Waals surface area contributed by atoms with Crippen molar-refractivity contribution in [1.29, 1.82) is 0 Å². The fraction of sp³-hybridized carbons (Fsp3) is 0.840. The number of amides is 4. The highest BCUT2D eigenvalue weighted by atomic mass is 16.6. The molecule has 3 rings (SSSR count). The smallest absolute Gasteiger partial charge is 0.410 e. The Labute approximate surface area is 208 Å². The molecule has 3 fully saturated rings. The van der Waals surface area contributed by atoms with Gasteiger partial charge in [0.2, 0.25) is 5.91 Å². The SMILES string of the molecule is CCOC(=O)C1CCN(C(=O)CN2CCN(CCC3CCN(C(=O)OC(C)(C)C)CC3)C2=O)CC1. The van der Waals surface area contributed by atoms with E-state index in [1.807, 2.05) is 25.7 Å². The first-order valence-corrected chi connectivity index (χ1v) is 13.0. The van der Waals surface area contributed by atoms with Crippen LogP contribution in [0.4, 0.5) is 9.59 Å². The van der Waals surface area contributed by atoms with E-state index in [1.165, 1.54) is 0 Å². The van der Waals surface area contributed by atoms with Crippen molar-refractivity contribution in [1.82, 2.24) is 19.6 Å². The summed E-state index contributed by atoms with van der Waals surface area (Å²) < 4.78 is 10.5. The molecule has 0 N–H and O–H groups in total. The maximum Gasteiger partial charge on any atom is 0.410 e. The van der Waals surface area contributed by atoms with Crippen LogP contribution >= 0.6 is 0 Å². The average Bonchev–Trinajstić information content (AvgIpc) is 3.16. The zero-order valence-electron chi connectivity index (χ0n) is 21.8. The van der Waals surface area contributed by atoms with Gasteiger partial charge in [0.15, 0.2) is 0 Å². The van der Waals surface area contributed by atoms with Crippen LogP contribution in [0, 0.1) is 11.8 Å². The summed E-state index contributed by atoms with van der Waals surface area (Å²) in [6, 6.07) is -0.0778. The van der Waals surface area contributed by atoms with Crippen LogP contribution in [0.5, 0.6) is 0 Å². The molecule has 0 aromatic carbocycles. The molecule has 0 aromatic heterocycles. The summed E-state index contributed by atoms with van der Waals surface area (Å²) in [6.45, 7) is 12.1. The monoisotopic (exact) mass is 494 g/mol. The first-order chi connectivity index (χ1) is 16.6. The summed E-state index contributed by atoms with van der Waals surface area (Å²) in [5.41, 5.74) is -0.490. The van der Waals surface area contributed by atoms with Gasteiger partial charge < -0.3 is 29.1 Å². The molecule has 0 bridgehead atoms. The number of rotatable bonds is 7. The van der Waals surface area contributed by atoms with Crippen molar-refractivity contribution in [3.63, 3.8) is 0 Å². The average molecular weight is 495 g/mol. The van der Waals surface area contributed by atoms with Crippen molar-refractivity contribution in [3.05, 3.63) is 0 Å². The molecule has 0 radical (unpaired) electrons. The Kier molecular flexibility index (Phi) is 9.24. The Morgan fingerprint density at radius 2 is 1.49 bits per heavy atom. The third kappa shape index (κ3) is 7.73. The number of nitrogens with zero attached hydrogens (tertiary/aromatic N) is 4. The Balaban J connectivity index is 1.35. The highest BCUT2D eigenvalue weighted by Gasteiger charge is 2.34. The van der Waals surface area contributed by atoms with E-state index >= 15 is 0 Å². The van der Waals surface area contributed by atoms with Crippen LogP contribution in [0.15, 0.2) is 0 Å². The largest absolute Gasteiger partial charge is 0.466 e. The summed E-state index contributed by atoms with van der Waals surface area (Å²) in [6.07, 6.45) is 3.68. The van der Waals surface area contributed by atoms with E-state index in [4.69, 9.17) is 9.47 Å². The fourth-order valence-corrected chi connectivity index (χ4v) is 4.94. The molecule has 3 aliphatic rings. The molecule has 10 nitrogen and oxygen atoms in total. The van der Waals surface area contributed by atoms with Gasteiger partial charge in [0.05, 0.1) is 12.5 Å². The first kappa shape index (κ1) is 27.1. The summed E-state index contributed by atoms with van der Waals surface area (Å²) in [5.74, 6) is 0.0919. The lowest BCUT2D eigenvalue weighted by atomic mass is 9.93. The van der Waals surface area contributed by atoms with Crippen LogP contribution in [-0.2, 0) is 19.1 Å². The van der Waals surface area contributed by atoms with Gasteiger partial charge in [-0.05, 0) is 65.7 Å². The number of hydrogen-bond donors (Lipinski definition) is 0. The number of ether oxygens (including phenoxy) is 2. The van der Waals surface area contributed by atoms with Gasteiger partial charge in [-0.15, -0.1) is 0 Å². The normalized spacial score (nSPS) is 20.4. The van der Waals surface area contributed by atoms with Crippen molar-refractivity contribution >= 4 is 24.0 Å². The lowest BCUT2D eigenvalue weighted by Gasteiger charge is -2.34. The first-order valence-electron chi connectivity index (χ1n) is 13.0. The van der Waals surface area contributed by atoms with Crippen molar-refractivity contribution in [2.75, 3.05) is 59.0 Å². The minimum Gasteiger partial charge on any atom is -0.466 e. The summed E-state index contributed by atoms with van der Waals surface area (Å²) in [7, 11) is 0. The molecule has 4 amide bonds. The van der Waals surface area contributed by atoms with Gasteiger partial charge in [-0.3, -0.25) is 9.59 Å². The second kappa shape index (κ2) is 11.9. The topological polar surface area (TPSA) is 99.7 Å². The summed E-state index contributed by atoms with van der Waals surface area (Å²) >= 11 is 0. The minimum atomic E-state index is -0.490. The number of carbonyl (C=O) groups is 4. The van der Waals surface area contributed by atoms with E-state index in [9.17, 15) is 19.2 Å². The van der Waals surface area contributed by atoms with E-state index in [2.05, 4.69) is 0 Å². The molecule has 0 aliphatic carbocycles. The lowest BCUT2D eigenvalue weighted by Crippen LogP contribution is -2.46. The predicted octanol–water partition coefficient (Wildman–Crippen LogP) is 2.56. The van der Waals surface area contributed by atoms with Crippen molar-refractivity contribution in [3.8, 4) is 0 Å². The van der Waals surface area contributed by atoms with E-state index in [0.717, 1.165) is 19.3 Å². The molecular weight excluding hydrogens is 452 g/mol. The molecule has 0 unspecified atom stereocenters. The maximum atomic E-state index is 12.8. The van der Waals surface area contributed by atoms with Gasteiger partial charge in [0.1, 0.15) is 12.1 Å². The van der Waals surface area contributed by atoms with Gasteiger partial charge in [-0.25, -0.2) is 9.59 Å². The third-order valence-corrected chi connectivity index (χ3v) is 7.05. The zero-order valence-corrected chi connectivity index (χ0v) is 21.8. The number of carbonyl (C=O) groups excluding carboxylic acids is 4. The molecule has 3 aliphatic heterocycles. The van der Waals surface area contributed by atoms with Crippen molar-refractivity contribution < 1.29 is 28.7 Å². The minimum absolute atomic E-state index is 0.0583. The van der Waals surface area contributed by atoms with Crippen LogP contribution in [-0.4, -0.2) is 108 Å². The molecule has 3 saturated heterocycles. The number of piperidine rings is 2. The molecule has 3 heterocycles. The molecule has 0 atom stereocenters. The highest BCUT2D eigenvalue weighted by molar-refractivity contribution is 5.85. The molecule has 198 valence electrons. The Bertz CT molecular complexity index is 766. The van der Waals surface area contributed by atoms with Crippen LogP contribution in [0.3, 0.4) is 0 Å². The molecular formula is C25H42N4O6. The Morgan fingerprint density at radius 3 is 2.09 bits per heavy atom. The number of esters is 1. The number of hydrogen-bond acceptors (Lipinski definition) is 6. The standard InChI is InChI=1S/C25H42N4O6/c1-5-34-22(31)20-9-14-26(15-10-20)21(30)18-29-17-16-27(23(29)32)11-6-19-7-12-28(13-8-19)24(33)35-25(2,3)4/h19-20H,5-18H2,1-4H3. The quantitative estimate of drug-likeness (QED) is 0.505. The van der Waals surface area contributed by atoms with Gasteiger partial charge in [-0.2, -0.15) is 0 Å². The zero-order chi connectivity index (χ0) is 25.6. The van der Waals surface area contributed by atoms with E-state index in [1.54, 1.807) is 21.6 Å². The highest BCUT2D eigenvalue weighted by Crippen LogP contribution is 2.24. The van der Waals surface area contributed by atoms with Crippen molar-refractivity contribution in [2.24, 2.45) is 11.8 Å². The second-order valence-corrected chi connectivity index (χ2v) is 10.8. The maximum absolute atomic E-state index is 12.8. The molecule has 0 saturated carbocycles. The van der Waals surface area contributed by atoms with E-state index in [0.29, 0.717) is 71.2 Å². The molecule has 35 heavy (non-hydrogen) atoms. The third-order valence-electron chi connectivity index (χ3n) is 7.05. The Morgan fingerprint density at radius 1 is 0.886 bits per heavy atom. The van der Waals surface area contributed by atoms with E-state index in [-0.39, 0.29) is 36.5 Å². The van der Waals surface area contributed by atoms with Gasteiger partial charge in [0.25, 0.3) is 0 Å². The van der Waals surface area contributed by atoms with Gasteiger partial charge >= 0.3 is 18.1 Å². The van der Waals surface area contributed by atoms with E-state index < -0.39 is 5.60 Å². The predicted molar refractivity (Wildman–Crippen MR) is 130 cm³/mol. The lowest BCUT2D eigenvalue weighted by molar-refractivity contribution is -0.151. The van der Waals surface area contributed by atoms with Crippen molar-refractivity contribution in [2.45, 2.75) is 65.4 Å². The Hall–Kier alpha value is -2.52. The molecule has 0 spiro atoms.